The van der Waals surface area contributed by atoms with Crippen LogP contribution < -0.4 is 5.01 Å². The lowest BCUT2D eigenvalue weighted by molar-refractivity contribution is 0.700. The number of hydrogen-bond acceptors (Lipinski definition) is 5. The lowest BCUT2D eigenvalue weighted by Gasteiger charge is -2.21. The van der Waals surface area contributed by atoms with E-state index in [-0.39, 0.29) is 6.04 Å². The van der Waals surface area contributed by atoms with Gasteiger partial charge in [0.15, 0.2) is 0 Å². The highest BCUT2D eigenvalue weighted by Gasteiger charge is 2.33. The molecule has 0 saturated carbocycles. The molecule has 5 aromatic rings. The maximum atomic E-state index is 6.28. The van der Waals surface area contributed by atoms with Gasteiger partial charge in [0.1, 0.15) is 0 Å². The largest absolute Gasteiger partial charge is 0.247 e. The molecule has 1 aliphatic rings. The van der Waals surface area contributed by atoms with Crippen molar-refractivity contribution >= 4 is 57.1 Å². The molecule has 0 fully saturated rings. The summed E-state index contributed by atoms with van der Waals surface area (Å²) in [7, 11) is 0. The number of aromatic nitrogens is 2. The van der Waals surface area contributed by atoms with Crippen LogP contribution >= 0.6 is 34.5 Å². The second-order valence-electron chi connectivity index (χ2n) is 8.03. The van der Waals surface area contributed by atoms with E-state index in [9.17, 15) is 0 Å². The molecular weight excluding hydrogens is 483 g/mol. The van der Waals surface area contributed by atoms with Gasteiger partial charge in [0, 0.05) is 32.3 Å². The van der Waals surface area contributed by atoms with Gasteiger partial charge in [-0.3, -0.25) is 0 Å². The Kier molecular flexibility index (Phi) is 5.53. The lowest BCUT2D eigenvalue weighted by Crippen LogP contribution is -2.20. The Labute approximate surface area is 211 Å². The van der Waals surface area contributed by atoms with E-state index in [4.69, 9.17) is 38.3 Å². The number of benzene rings is 3. The van der Waals surface area contributed by atoms with Crippen molar-refractivity contribution in [2.45, 2.75) is 12.5 Å². The van der Waals surface area contributed by atoms with Crippen molar-refractivity contribution in [1.29, 1.82) is 0 Å². The summed E-state index contributed by atoms with van der Waals surface area (Å²) in [5.74, 6) is 0.569. The highest BCUT2D eigenvalue weighted by atomic mass is 35.5. The van der Waals surface area contributed by atoms with Crippen LogP contribution in [0.15, 0.2) is 95.4 Å². The van der Waals surface area contributed by atoms with Crippen LogP contribution in [-0.2, 0) is 0 Å². The summed E-state index contributed by atoms with van der Waals surface area (Å²) in [6, 6.07) is 27.8. The summed E-state index contributed by atoms with van der Waals surface area (Å²) in [6.07, 6.45) is 0.743. The Balaban J connectivity index is 1.52. The fraction of sp³-hybridized carbons (Fsp3) is 0.0741. The first-order valence-corrected chi connectivity index (χ1v) is 12.5. The maximum Gasteiger partial charge on any atom is 0.247 e. The van der Waals surface area contributed by atoms with Crippen molar-refractivity contribution in [3.05, 3.63) is 111 Å². The molecule has 0 N–H and O–H groups in total. The van der Waals surface area contributed by atoms with Crippen molar-refractivity contribution in [3.63, 3.8) is 0 Å². The Hall–Kier alpha value is -3.25. The van der Waals surface area contributed by atoms with Gasteiger partial charge in [-0.15, -0.1) is 11.3 Å². The average Bonchev–Trinajstić information content (AvgIpc) is 3.54. The second kappa shape index (κ2) is 8.84. The van der Waals surface area contributed by atoms with E-state index in [2.05, 4.69) is 17.5 Å². The summed E-state index contributed by atoms with van der Waals surface area (Å²) in [4.78, 5) is 11.2. The Morgan fingerprint density at radius 2 is 1.65 bits per heavy atom. The summed E-state index contributed by atoms with van der Waals surface area (Å²) in [5, 5.41) is 11.4. The Bertz CT molecular complexity index is 1510. The third-order valence-electron chi connectivity index (χ3n) is 5.85. The predicted molar refractivity (Wildman–Crippen MR) is 142 cm³/mol. The van der Waals surface area contributed by atoms with Gasteiger partial charge in [0.25, 0.3) is 0 Å². The van der Waals surface area contributed by atoms with Gasteiger partial charge < -0.3 is 0 Å². The number of halogens is 2. The van der Waals surface area contributed by atoms with Gasteiger partial charge in [-0.25, -0.2) is 15.0 Å². The SMILES string of the molecule is Clc1ccc(-c2nc(N3N=C(c4cccc(Cl)c4)C[C@@H]3c3cccs3)nc3ccccc23)cc1. The molecule has 34 heavy (non-hydrogen) atoms. The van der Waals surface area contributed by atoms with Crippen molar-refractivity contribution in [1.82, 2.24) is 9.97 Å². The topological polar surface area (TPSA) is 41.4 Å². The van der Waals surface area contributed by atoms with Crippen LogP contribution in [0.3, 0.4) is 0 Å². The van der Waals surface area contributed by atoms with E-state index in [1.165, 1.54) is 4.88 Å². The molecule has 1 aliphatic heterocycles. The first kappa shape index (κ1) is 21.3. The molecule has 0 unspecified atom stereocenters. The Morgan fingerprint density at radius 3 is 2.44 bits per heavy atom. The number of fused-ring (bicyclic) bond motifs is 1. The average molecular weight is 501 g/mol. The van der Waals surface area contributed by atoms with Crippen molar-refractivity contribution in [2.24, 2.45) is 5.10 Å². The summed E-state index contributed by atoms with van der Waals surface area (Å²) in [6.45, 7) is 0. The van der Waals surface area contributed by atoms with Crippen LogP contribution in [-0.4, -0.2) is 15.7 Å². The molecular formula is C27H18Cl2N4S. The molecule has 3 aromatic carbocycles. The minimum atomic E-state index is 0.00760. The molecule has 3 heterocycles. The van der Waals surface area contributed by atoms with Gasteiger partial charge in [0.05, 0.1) is 23.0 Å². The molecule has 2 aromatic heterocycles. The fourth-order valence-corrected chi connectivity index (χ4v) is 5.36. The number of anilines is 1. The fourth-order valence-electron chi connectivity index (χ4n) is 4.23. The zero-order chi connectivity index (χ0) is 23.1. The number of nitrogens with zero attached hydrogens (tertiary/aromatic N) is 4. The van der Waals surface area contributed by atoms with Gasteiger partial charge in [-0.05, 0) is 47.3 Å². The second-order valence-corrected chi connectivity index (χ2v) is 9.89. The standard InChI is InChI=1S/C27H18Cl2N4S/c28-19-12-10-17(11-13-19)26-21-7-1-2-8-22(21)30-27(31-26)33-24(25-9-4-14-34-25)16-23(32-33)18-5-3-6-20(29)15-18/h1-15,24H,16H2/t24-/m1/s1. The van der Waals surface area contributed by atoms with Crippen molar-refractivity contribution < 1.29 is 0 Å². The third-order valence-corrected chi connectivity index (χ3v) is 7.31. The molecule has 7 heteroatoms. The van der Waals surface area contributed by atoms with E-state index >= 15 is 0 Å². The highest BCUT2D eigenvalue weighted by molar-refractivity contribution is 7.10. The van der Waals surface area contributed by atoms with Crippen molar-refractivity contribution in [2.75, 3.05) is 5.01 Å². The molecule has 0 bridgehead atoms. The first-order valence-electron chi connectivity index (χ1n) is 10.8. The van der Waals surface area contributed by atoms with Gasteiger partial charge in [-0.1, -0.05) is 71.7 Å². The molecule has 0 aliphatic carbocycles. The predicted octanol–water partition coefficient (Wildman–Crippen LogP) is 8.02. The summed E-state index contributed by atoms with van der Waals surface area (Å²) >= 11 is 14.1. The summed E-state index contributed by atoms with van der Waals surface area (Å²) in [5.41, 5.74) is 4.68. The monoisotopic (exact) mass is 500 g/mol. The molecule has 6 rings (SSSR count). The van der Waals surface area contributed by atoms with Crippen LogP contribution in [0.2, 0.25) is 10.0 Å². The van der Waals surface area contributed by atoms with Crippen molar-refractivity contribution in [3.8, 4) is 11.3 Å². The van der Waals surface area contributed by atoms with Crippen LogP contribution in [0, 0.1) is 0 Å². The van der Waals surface area contributed by atoms with Crippen LogP contribution in [0.25, 0.3) is 22.2 Å². The number of hydrazone groups is 1. The molecule has 4 nitrogen and oxygen atoms in total. The molecule has 0 radical (unpaired) electrons. The van der Waals surface area contributed by atoms with Gasteiger partial charge in [0.2, 0.25) is 5.95 Å². The number of rotatable bonds is 4. The molecule has 1 atom stereocenters. The van der Waals surface area contributed by atoms with Crippen LogP contribution in [0.4, 0.5) is 5.95 Å². The summed E-state index contributed by atoms with van der Waals surface area (Å²) < 4.78 is 0. The zero-order valence-corrected chi connectivity index (χ0v) is 20.2. The lowest BCUT2D eigenvalue weighted by atomic mass is 10.0. The van der Waals surface area contributed by atoms with E-state index in [0.717, 1.165) is 39.9 Å². The third kappa shape index (κ3) is 3.96. The van der Waals surface area contributed by atoms with Gasteiger partial charge >= 0.3 is 0 Å². The van der Waals surface area contributed by atoms with E-state index in [1.807, 2.05) is 77.8 Å². The molecule has 0 amide bonds. The highest BCUT2D eigenvalue weighted by Crippen LogP contribution is 2.39. The first-order chi connectivity index (χ1) is 16.7. The zero-order valence-electron chi connectivity index (χ0n) is 17.9. The smallest absolute Gasteiger partial charge is 0.223 e. The van der Waals surface area contributed by atoms with Crippen LogP contribution in [0.1, 0.15) is 22.9 Å². The normalized spacial score (nSPS) is 15.6. The molecule has 0 saturated heterocycles. The Morgan fingerprint density at radius 1 is 0.794 bits per heavy atom. The molecule has 0 spiro atoms. The van der Waals surface area contributed by atoms with E-state index in [1.54, 1.807) is 11.3 Å². The van der Waals surface area contributed by atoms with E-state index < -0.39 is 0 Å². The quantitative estimate of drug-likeness (QED) is 0.250. The van der Waals surface area contributed by atoms with Gasteiger partial charge in [-0.2, -0.15) is 5.10 Å². The minimum Gasteiger partial charge on any atom is -0.223 e. The van der Waals surface area contributed by atoms with Crippen LogP contribution in [0.5, 0.6) is 0 Å². The minimum absolute atomic E-state index is 0.00760. The number of thiophene rings is 1. The molecule has 166 valence electrons. The number of para-hydroxylation sites is 1. The maximum absolute atomic E-state index is 6.28. The number of hydrogen-bond donors (Lipinski definition) is 0. The van der Waals surface area contributed by atoms with E-state index in [0.29, 0.717) is 16.0 Å².